The van der Waals surface area contributed by atoms with Crippen molar-refractivity contribution in [2.24, 2.45) is 0 Å². The first kappa shape index (κ1) is 15.5. The van der Waals surface area contributed by atoms with E-state index < -0.39 is 5.97 Å². The lowest BCUT2D eigenvalue weighted by atomic mass is 10.2. The number of H-pyrrole nitrogens is 1. The molecule has 21 heavy (non-hydrogen) atoms. The maximum absolute atomic E-state index is 11.3. The lowest BCUT2D eigenvalue weighted by Crippen LogP contribution is -2.05. The zero-order valence-corrected chi connectivity index (χ0v) is 13.0. The molecule has 0 atom stereocenters. The van der Waals surface area contributed by atoms with E-state index in [2.05, 4.69) is 9.72 Å². The monoisotopic (exact) mass is 325 g/mol. The molecule has 110 valence electrons. The maximum atomic E-state index is 11.3. The third-order valence-electron chi connectivity index (χ3n) is 2.81. The van der Waals surface area contributed by atoms with E-state index in [4.69, 9.17) is 27.9 Å². The molecule has 0 radical (unpaired) electrons. The number of ether oxygens (including phenoxy) is 2. The molecule has 2 aromatic rings. The van der Waals surface area contributed by atoms with Gasteiger partial charge in [-0.3, -0.25) is 0 Å². The molecule has 1 aromatic carbocycles. The number of halogens is 2. The summed E-state index contributed by atoms with van der Waals surface area (Å²) in [5.41, 5.74) is 1.73. The molecule has 1 heterocycles. The SMILES string of the molecule is COC(=O)/C(=C\C=C\c1cc2cc(Cl)c(Cl)cc2[nH]1)OC. The van der Waals surface area contributed by atoms with E-state index in [1.807, 2.05) is 6.07 Å². The van der Waals surface area contributed by atoms with E-state index in [-0.39, 0.29) is 5.76 Å². The molecule has 0 aliphatic heterocycles. The number of esters is 1. The van der Waals surface area contributed by atoms with Gasteiger partial charge in [-0.25, -0.2) is 4.79 Å². The average Bonchev–Trinajstić information content (AvgIpc) is 2.85. The molecular formula is C15H13Cl2NO3. The van der Waals surface area contributed by atoms with Crippen LogP contribution in [-0.2, 0) is 14.3 Å². The Bertz CT molecular complexity index is 693. The lowest BCUT2D eigenvalue weighted by Gasteiger charge is -2.00. The minimum Gasteiger partial charge on any atom is -0.490 e. The van der Waals surface area contributed by atoms with Gasteiger partial charge < -0.3 is 14.5 Å². The van der Waals surface area contributed by atoms with Gasteiger partial charge in [0.1, 0.15) is 0 Å². The number of benzene rings is 1. The van der Waals surface area contributed by atoms with Crippen molar-refractivity contribution in [1.29, 1.82) is 0 Å². The molecule has 1 N–H and O–H groups in total. The fraction of sp³-hybridized carbons (Fsp3) is 0.133. The molecule has 0 saturated heterocycles. The number of hydrogen-bond acceptors (Lipinski definition) is 3. The first-order valence-electron chi connectivity index (χ1n) is 6.03. The standard InChI is InChI=1S/C15H13Cl2NO3/c1-20-14(15(19)21-2)5-3-4-10-6-9-7-11(16)12(17)8-13(9)18-10/h3-8,18H,1-2H3/b4-3+,14-5+. The van der Waals surface area contributed by atoms with Crippen molar-refractivity contribution in [2.75, 3.05) is 14.2 Å². The topological polar surface area (TPSA) is 51.3 Å². The van der Waals surface area contributed by atoms with E-state index >= 15 is 0 Å². The summed E-state index contributed by atoms with van der Waals surface area (Å²) in [4.78, 5) is 14.5. The minimum absolute atomic E-state index is 0.121. The molecule has 0 saturated carbocycles. The van der Waals surface area contributed by atoms with Crippen LogP contribution in [0.2, 0.25) is 10.0 Å². The molecule has 6 heteroatoms. The van der Waals surface area contributed by atoms with Crippen LogP contribution < -0.4 is 0 Å². The summed E-state index contributed by atoms with van der Waals surface area (Å²) in [6.45, 7) is 0. The highest BCUT2D eigenvalue weighted by atomic mass is 35.5. The van der Waals surface area contributed by atoms with Crippen molar-refractivity contribution in [3.05, 3.63) is 51.8 Å². The summed E-state index contributed by atoms with van der Waals surface area (Å²) >= 11 is 11.9. The summed E-state index contributed by atoms with van der Waals surface area (Å²) in [5.74, 6) is -0.409. The van der Waals surface area contributed by atoms with E-state index in [0.29, 0.717) is 10.0 Å². The first-order chi connectivity index (χ1) is 10.0. The Morgan fingerprint density at radius 1 is 1.14 bits per heavy atom. The molecule has 1 aromatic heterocycles. The molecule has 0 bridgehead atoms. The maximum Gasteiger partial charge on any atom is 0.373 e. The summed E-state index contributed by atoms with van der Waals surface area (Å²) in [7, 11) is 2.70. The number of hydrogen-bond donors (Lipinski definition) is 1. The highest BCUT2D eigenvalue weighted by Gasteiger charge is 2.07. The third kappa shape index (κ3) is 3.60. The second kappa shape index (κ2) is 6.70. The summed E-state index contributed by atoms with van der Waals surface area (Å²) in [5, 5.41) is 1.95. The second-order valence-corrected chi connectivity index (χ2v) is 4.98. The third-order valence-corrected chi connectivity index (χ3v) is 3.53. The number of rotatable bonds is 4. The van der Waals surface area contributed by atoms with Gasteiger partial charge in [-0.15, -0.1) is 0 Å². The number of aromatic amines is 1. The summed E-state index contributed by atoms with van der Waals surface area (Å²) in [6, 6.07) is 5.48. The van der Waals surface area contributed by atoms with Crippen molar-refractivity contribution >= 4 is 46.2 Å². The molecule has 0 fully saturated rings. The van der Waals surface area contributed by atoms with Gasteiger partial charge in [0.25, 0.3) is 0 Å². The van der Waals surface area contributed by atoms with Crippen molar-refractivity contribution in [3.63, 3.8) is 0 Å². The Labute approximate surface area is 131 Å². The molecular weight excluding hydrogens is 313 g/mol. The predicted octanol–water partition coefficient (Wildman–Crippen LogP) is 4.19. The number of allylic oxidation sites excluding steroid dienone is 2. The summed E-state index contributed by atoms with van der Waals surface area (Å²) < 4.78 is 9.50. The van der Waals surface area contributed by atoms with Crippen LogP contribution in [-0.4, -0.2) is 25.2 Å². The number of methoxy groups -OCH3 is 2. The van der Waals surface area contributed by atoms with Crippen LogP contribution in [0.1, 0.15) is 5.69 Å². The van der Waals surface area contributed by atoms with Crippen molar-refractivity contribution in [3.8, 4) is 0 Å². The lowest BCUT2D eigenvalue weighted by molar-refractivity contribution is -0.139. The fourth-order valence-corrected chi connectivity index (χ4v) is 2.13. The number of carbonyl (C=O) groups is 1. The van der Waals surface area contributed by atoms with Crippen LogP contribution >= 0.6 is 23.2 Å². The zero-order valence-electron chi connectivity index (χ0n) is 11.4. The van der Waals surface area contributed by atoms with Gasteiger partial charge >= 0.3 is 5.97 Å². The Kier molecular flexibility index (Phi) is 4.94. The molecule has 0 amide bonds. The Balaban J connectivity index is 2.25. The number of fused-ring (bicyclic) bond motifs is 1. The Morgan fingerprint density at radius 2 is 1.86 bits per heavy atom. The highest BCUT2D eigenvalue weighted by molar-refractivity contribution is 6.42. The van der Waals surface area contributed by atoms with Gasteiger partial charge in [-0.1, -0.05) is 29.3 Å². The van der Waals surface area contributed by atoms with Crippen molar-refractivity contribution < 1.29 is 14.3 Å². The second-order valence-electron chi connectivity index (χ2n) is 4.16. The number of carbonyl (C=O) groups excluding carboxylic acids is 1. The highest BCUT2D eigenvalue weighted by Crippen LogP contribution is 2.28. The van der Waals surface area contributed by atoms with Gasteiger partial charge in [0.2, 0.25) is 5.76 Å². The molecule has 0 spiro atoms. The molecule has 0 aliphatic carbocycles. The van der Waals surface area contributed by atoms with Crippen molar-refractivity contribution in [2.45, 2.75) is 0 Å². The minimum atomic E-state index is -0.530. The molecule has 2 rings (SSSR count). The van der Waals surface area contributed by atoms with Crippen LogP contribution in [0.25, 0.3) is 17.0 Å². The van der Waals surface area contributed by atoms with Gasteiger partial charge in [-0.05, 0) is 30.4 Å². The quantitative estimate of drug-likeness (QED) is 0.397. The number of nitrogens with one attached hydrogen (secondary N) is 1. The van der Waals surface area contributed by atoms with Gasteiger partial charge in [-0.2, -0.15) is 0 Å². The molecule has 0 aliphatic rings. The van der Waals surface area contributed by atoms with Crippen LogP contribution in [0, 0.1) is 0 Å². The largest absolute Gasteiger partial charge is 0.490 e. The van der Waals surface area contributed by atoms with E-state index in [0.717, 1.165) is 16.6 Å². The van der Waals surface area contributed by atoms with Crippen LogP contribution in [0.4, 0.5) is 0 Å². The summed E-state index contributed by atoms with van der Waals surface area (Å²) in [6.07, 6.45) is 5.00. The average molecular weight is 326 g/mol. The smallest absolute Gasteiger partial charge is 0.373 e. The fourth-order valence-electron chi connectivity index (χ4n) is 1.80. The van der Waals surface area contributed by atoms with Crippen LogP contribution in [0.3, 0.4) is 0 Å². The van der Waals surface area contributed by atoms with E-state index in [9.17, 15) is 4.79 Å². The zero-order chi connectivity index (χ0) is 15.4. The van der Waals surface area contributed by atoms with E-state index in [1.165, 1.54) is 20.3 Å². The Hall–Kier alpha value is -1.91. The van der Waals surface area contributed by atoms with Gasteiger partial charge in [0.15, 0.2) is 0 Å². The van der Waals surface area contributed by atoms with E-state index in [1.54, 1.807) is 24.3 Å². The Morgan fingerprint density at radius 3 is 2.52 bits per heavy atom. The van der Waals surface area contributed by atoms with Gasteiger partial charge in [0.05, 0.1) is 24.3 Å². The van der Waals surface area contributed by atoms with Crippen LogP contribution in [0.15, 0.2) is 36.1 Å². The normalized spacial score (nSPS) is 12.1. The molecule has 4 nitrogen and oxygen atoms in total. The van der Waals surface area contributed by atoms with Crippen LogP contribution in [0.5, 0.6) is 0 Å². The van der Waals surface area contributed by atoms with Gasteiger partial charge in [0, 0.05) is 16.6 Å². The van der Waals surface area contributed by atoms with Crippen molar-refractivity contribution in [1.82, 2.24) is 4.98 Å². The first-order valence-corrected chi connectivity index (χ1v) is 6.79. The molecule has 0 unspecified atom stereocenters. The number of aromatic nitrogens is 1. The predicted molar refractivity (Wildman–Crippen MR) is 84.5 cm³/mol.